The number of amides is 3. The zero-order valence-corrected chi connectivity index (χ0v) is 15.2. The number of thiophene rings is 1. The van der Waals surface area contributed by atoms with Crippen LogP contribution in [-0.4, -0.2) is 28.5 Å². The number of nitrogens with zero attached hydrogens (tertiary/aromatic N) is 1. The summed E-state index contributed by atoms with van der Waals surface area (Å²) in [5, 5.41) is 10.5. The molecule has 3 amide bonds. The third kappa shape index (κ3) is 3.58. The first-order valence-corrected chi connectivity index (χ1v) is 8.94. The van der Waals surface area contributed by atoms with Crippen molar-refractivity contribution in [1.82, 2.24) is 25.9 Å². The van der Waals surface area contributed by atoms with Crippen LogP contribution in [0.4, 0.5) is 4.79 Å². The molecule has 4 N–H and O–H groups in total. The van der Waals surface area contributed by atoms with Gasteiger partial charge in [0.1, 0.15) is 6.04 Å². The van der Waals surface area contributed by atoms with E-state index in [1.807, 2.05) is 6.92 Å². The number of nitrogens with one attached hydrogen (secondary N) is 4. The molecule has 1 aliphatic heterocycles. The van der Waals surface area contributed by atoms with E-state index in [0.29, 0.717) is 23.5 Å². The summed E-state index contributed by atoms with van der Waals surface area (Å²) >= 11 is 1.69. The maximum absolute atomic E-state index is 12.8. The van der Waals surface area contributed by atoms with Crippen molar-refractivity contribution in [2.24, 2.45) is 0 Å². The van der Waals surface area contributed by atoms with Crippen LogP contribution in [0.2, 0.25) is 0 Å². The average Bonchev–Trinajstić information content (AvgIpc) is 3.15. The number of urea groups is 1. The van der Waals surface area contributed by atoms with Gasteiger partial charge in [0.15, 0.2) is 0 Å². The zero-order chi connectivity index (χ0) is 18.0. The molecule has 0 spiro atoms. The van der Waals surface area contributed by atoms with Crippen molar-refractivity contribution in [1.29, 1.82) is 0 Å². The second-order valence-corrected chi connectivity index (χ2v) is 7.02. The lowest BCUT2D eigenvalue weighted by molar-refractivity contribution is -0.117. The van der Waals surface area contributed by atoms with Gasteiger partial charge in [0.2, 0.25) is 0 Å². The molecule has 0 bridgehead atoms. The Balaban J connectivity index is 1.76. The molecule has 0 saturated heterocycles. The van der Waals surface area contributed by atoms with E-state index in [0.717, 1.165) is 12.1 Å². The average molecular weight is 359 g/mol. The van der Waals surface area contributed by atoms with Crippen molar-refractivity contribution >= 4 is 23.3 Å². The van der Waals surface area contributed by atoms with Crippen molar-refractivity contribution in [3.8, 4) is 0 Å². The van der Waals surface area contributed by atoms with Gasteiger partial charge in [0.25, 0.3) is 5.91 Å². The van der Waals surface area contributed by atoms with E-state index in [1.165, 1.54) is 10.4 Å². The van der Waals surface area contributed by atoms with Crippen molar-refractivity contribution in [3.63, 3.8) is 0 Å². The predicted octanol–water partition coefficient (Wildman–Crippen LogP) is 2.07. The number of allylic oxidation sites excluding steroid dienone is 1. The molecule has 7 nitrogen and oxygen atoms in total. The van der Waals surface area contributed by atoms with Crippen LogP contribution in [0.15, 0.2) is 29.0 Å². The first-order valence-electron chi connectivity index (χ1n) is 8.06. The van der Waals surface area contributed by atoms with Crippen molar-refractivity contribution in [2.75, 3.05) is 6.54 Å². The number of aromatic amines is 1. The minimum atomic E-state index is -0.566. The van der Waals surface area contributed by atoms with Gasteiger partial charge in [0, 0.05) is 22.8 Å². The van der Waals surface area contributed by atoms with Crippen LogP contribution in [0.1, 0.15) is 34.8 Å². The molecule has 2 aromatic heterocycles. The van der Waals surface area contributed by atoms with Crippen LogP contribution in [0, 0.1) is 13.8 Å². The van der Waals surface area contributed by atoms with Gasteiger partial charge in [-0.2, -0.15) is 0 Å². The number of carbonyl (C=O) groups is 2. The molecule has 2 aromatic rings. The summed E-state index contributed by atoms with van der Waals surface area (Å²) in [6, 6.07) is 1.17. The van der Waals surface area contributed by atoms with E-state index in [4.69, 9.17) is 0 Å². The number of hydrogen-bond donors (Lipinski definition) is 4. The van der Waals surface area contributed by atoms with E-state index >= 15 is 0 Å². The highest BCUT2D eigenvalue weighted by molar-refractivity contribution is 7.10. The lowest BCUT2D eigenvalue weighted by Crippen LogP contribution is -2.47. The summed E-state index contributed by atoms with van der Waals surface area (Å²) in [7, 11) is 0. The Kier molecular flexibility index (Phi) is 4.89. The number of rotatable bonds is 5. The second-order valence-electron chi connectivity index (χ2n) is 6.02. The highest BCUT2D eigenvalue weighted by Crippen LogP contribution is 2.27. The molecule has 132 valence electrons. The molecule has 3 heterocycles. The number of hydrogen-bond acceptors (Lipinski definition) is 4. The molecule has 0 aromatic carbocycles. The fourth-order valence-electron chi connectivity index (χ4n) is 2.91. The van der Waals surface area contributed by atoms with Crippen LogP contribution < -0.4 is 16.0 Å². The van der Waals surface area contributed by atoms with Gasteiger partial charge in [-0.05, 0) is 44.2 Å². The van der Waals surface area contributed by atoms with Crippen LogP contribution in [0.5, 0.6) is 0 Å². The quantitative estimate of drug-likeness (QED) is 0.658. The van der Waals surface area contributed by atoms with Crippen LogP contribution in [0.3, 0.4) is 0 Å². The van der Waals surface area contributed by atoms with Gasteiger partial charge in [-0.25, -0.2) is 9.78 Å². The minimum Gasteiger partial charge on any atom is -0.352 e. The Morgan fingerprint density at radius 3 is 2.80 bits per heavy atom. The molecule has 0 aliphatic carbocycles. The molecule has 0 saturated carbocycles. The zero-order valence-electron chi connectivity index (χ0n) is 14.4. The van der Waals surface area contributed by atoms with Crippen LogP contribution in [-0.2, 0) is 11.2 Å². The SMILES string of the molecule is CC1=C(C(=O)NCCc2sccc2C)[C@@H](c2nc[nH]c2C)NC(=O)N1. The normalized spacial score (nSPS) is 17.2. The molecule has 0 unspecified atom stereocenters. The highest BCUT2D eigenvalue weighted by atomic mass is 32.1. The number of H-pyrrole nitrogens is 1. The molecular weight excluding hydrogens is 338 g/mol. The van der Waals surface area contributed by atoms with Gasteiger partial charge in [0.05, 0.1) is 17.6 Å². The number of aryl methyl sites for hydroxylation is 2. The summed E-state index contributed by atoms with van der Waals surface area (Å²) in [6.07, 6.45) is 2.34. The lowest BCUT2D eigenvalue weighted by Gasteiger charge is -2.27. The fraction of sp³-hybridized carbons (Fsp3) is 0.353. The van der Waals surface area contributed by atoms with Crippen LogP contribution >= 0.6 is 11.3 Å². The molecule has 8 heteroatoms. The van der Waals surface area contributed by atoms with Gasteiger partial charge in [-0.15, -0.1) is 11.3 Å². The van der Waals surface area contributed by atoms with Gasteiger partial charge in [-0.3, -0.25) is 4.79 Å². The van der Waals surface area contributed by atoms with Crippen molar-refractivity contribution < 1.29 is 9.59 Å². The first kappa shape index (κ1) is 17.2. The van der Waals surface area contributed by atoms with Crippen LogP contribution in [0.25, 0.3) is 0 Å². The number of aromatic nitrogens is 2. The monoisotopic (exact) mass is 359 g/mol. The minimum absolute atomic E-state index is 0.202. The Hall–Kier alpha value is -2.61. The Morgan fingerprint density at radius 1 is 1.36 bits per heavy atom. The van der Waals surface area contributed by atoms with Gasteiger partial charge < -0.3 is 20.9 Å². The molecule has 1 atom stereocenters. The Labute approximate surface area is 149 Å². The smallest absolute Gasteiger partial charge is 0.319 e. The summed E-state index contributed by atoms with van der Waals surface area (Å²) in [6.45, 7) is 6.20. The van der Waals surface area contributed by atoms with Crippen molar-refractivity contribution in [2.45, 2.75) is 33.2 Å². The molecule has 25 heavy (non-hydrogen) atoms. The Morgan fingerprint density at radius 2 is 2.16 bits per heavy atom. The van der Waals surface area contributed by atoms with E-state index in [1.54, 1.807) is 24.6 Å². The maximum Gasteiger partial charge on any atom is 0.319 e. The molecule has 3 rings (SSSR count). The standard InChI is InChI=1S/C17H21N5O2S/c1-9-5-7-25-12(9)4-6-18-16(23)13-10(2)21-17(24)22-15(13)14-11(3)19-8-20-14/h5,7-8,15H,4,6H2,1-3H3,(H,18,23)(H,19,20)(H2,21,22,24)/t15-/m0/s1. The maximum atomic E-state index is 12.8. The third-order valence-electron chi connectivity index (χ3n) is 4.26. The predicted molar refractivity (Wildman–Crippen MR) is 96.2 cm³/mol. The summed E-state index contributed by atoms with van der Waals surface area (Å²) in [5.41, 5.74) is 3.73. The van der Waals surface area contributed by atoms with Gasteiger partial charge in [-0.1, -0.05) is 0 Å². The fourth-order valence-corrected chi connectivity index (χ4v) is 3.82. The van der Waals surface area contributed by atoms with E-state index in [-0.39, 0.29) is 11.9 Å². The third-order valence-corrected chi connectivity index (χ3v) is 5.34. The highest BCUT2D eigenvalue weighted by Gasteiger charge is 2.33. The largest absolute Gasteiger partial charge is 0.352 e. The molecule has 0 fully saturated rings. The topological polar surface area (TPSA) is 98.9 Å². The number of imidazole rings is 1. The first-order chi connectivity index (χ1) is 12.0. The van der Waals surface area contributed by atoms with Crippen molar-refractivity contribution in [3.05, 3.63) is 50.9 Å². The molecule has 0 radical (unpaired) electrons. The molecular formula is C17H21N5O2S. The van der Waals surface area contributed by atoms with E-state index in [9.17, 15) is 9.59 Å². The number of carbonyl (C=O) groups excluding carboxylic acids is 2. The van der Waals surface area contributed by atoms with E-state index in [2.05, 4.69) is 44.3 Å². The van der Waals surface area contributed by atoms with Gasteiger partial charge >= 0.3 is 6.03 Å². The summed E-state index contributed by atoms with van der Waals surface area (Å²) < 4.78 is 0. The Bertz CT molecular complexity index is 836. The lowest BCUT2D eigenvalue weighted by atomic mass is 9.98. The summed E-state index contributed by atoms with van der Waals surface area (Å²) in [5.74, 6) is -0.202. The summed E-state index contributed by atoms with van der Waals surface area (Å²) in [4.78, 5) is 33.1. The second kappa shape index (κ2) is 7.10. The molecule has 1 aliphatic rings. The van der Waals surface area contributed by atoms with E-state index < -0.39 is 6.04 Å².